The second kappa shape index (κ2) is 4.83. The molecule has 0 radical (unpaired) electrons. The molecular formula is C10H22N2. The average molecular weight is 170 g/mol. The van der Waals surface area contributed by atoms with Crippen molar-refractivity contribution >= 4 is 0 Å². The predicted octanol–water partition coefficient (Wildman–Crippen LogP) is 1.36. The molecule has 0 aromatic rings. The summed E-state index contributed by atoms with van der Waals surface area (Å²) in [4.78, 5) is 0. The van der Waals surface area contributed by atoms with E-state index in [2.05, 4.69) is 19.2 Å². The molecule has 1 fully saturated rings. The van der Waals surface area contributed by atoms with Gasteiger partial charge in [-0.05, 0) is 37.6 Å². The molecule has 12 heavy (non-hydrogen) atoms. The van der Waals surface area contributed by atoms with Crippen LogP contribution in [-0.2, 0) is 0 Å². The highest BCUT2D eigenvalue weighted by molar-refractivity contribution is 4.76. The van der Waals surface area contributed by atoms with Gasteiger partial charge in [0.1, 0.15) is 0 Å². The smallest absolute Gasteiger partial charge is 0.0167 e. The molecule has 0 aromatic heterocycles. The van der Waals surface area contributed by atoms with Crippen LogP contribution < -0.4 is 11.1 Å². The third-order valence-electron chi connectivity index (χ3n) is 2.31. The molecule has 0 aromatic carbocycles. The first-order valence-electron chi connectivity index (χ1n) is 5.14. The largest absolute Gasteiger partial charge is 0.327 e. The van der Waals surface area contributed by atoms with Crippen molar-refractivity contribution < 1.29 is 0 Å². The molecule has 0 saturated heterocycles. The van der Waals surface area contributed by atoms with Gasteiger partial charge in [-0.25, -0.2) is 0 Å². The zero-order valence-corrected chi connectivity index (χ0v) is 8.34. The van der Waals surface area contributed by atoms with E-state index in [1.807, 2.05) is 0 Å². The summed E-state index contributed by atoms with van der Waals surface area (Å²) in [7, 11) is 0. The summed E-state index contributed by atoms with van der Waals surface area (Å²) in [5, 5.41) is 3.43. The molecule has 0 amide bonds. The Bertz CT molecular complexity index is 119. The summed E-state index contributed by atoms with van der Waals surface area (Å²) in [6, 6.07) is 0.351. The van der Waals surface area contributed by atoms with Crippen LogP contribution in [0.1, 0.15) is 33.1 Å². The Morgan fingerprint density at radius 3 is 2.58 bits per heavy atom. The minimum atomic E-state index is 0.351. The van der Waals surface area contributed by atoms with Crippen LogP contribution in [0.4, 0.5) is 0 Å². The Labute approximate surface area is 75.9 Å². The molecular weight excluding hydrogens is 148 g/mol. The lowest BCUT2D eigenvalue weighted by atomic mass is 10.0. The van der Waals surface area contributed by atoms with Gasteiger partial charge in [-0.1, -0.05) is 13.8 Å². The fraction of sp³-hybridized carbons (Fsp3) is 1.00. The number of hydrogen-bond acceptors (Lipinski definition) is 2. The van der Waals surface area contributed by atoms with Gasteiger partial charge in [0, 0.05) is 12.6 Å². The van der Waals surface area contributed by atoms with Crippen molar-refractivity contribution in [1.82, 2.24) is 5.32 Å². The van der Waals surface area contributed by atoms with E-state index in [0.29, 0.717) is 6.04 Å². The van der Waals surface area contributed by atoms with Crippen molar-refractivity contribution in [1.29, 1.82) is 0 Å². The molecule has 72 valence electrons. The third-order valence-corrected chi connectivity index (χ3v) is 2.31. The van der Waals surface area contributed by atoms with Crippen molar-refractivity contribution in [3.63, 3.8) is 0 Å². The Hall–Kier alpha value is -0.0800. The quantitative estimate of drug-likeness (QED) is 0.631. The van der Waals surface area contributed by atoms with Gasteiger partial charge in [0.05, 0.1) is 0 Å². The first-order chi connectivity index (χ1) is 5.68. The van der Waals surface area contributed by atoms with E-state index in [9.17, 15) is 0 Å². The first kappa shape index (κ1) is 10.0. The van der Waals surface area contributed by atoms with E-state index < -0.39 is 0 Å². The van der Waals surface area contributed by atoms with Crippen molar-refractivity contribution in [3.05, 3.63) is 0 Å². The SMILES string of the molecule is CC(C)CC(N)CNCC1CC1. The number of nitrogens with one attached hydrogen (secondary N) is 1. The van der Waals surface area contributed by atoms with Crippen molar-refractivity contribution in [2.75, 3.05) is 13.1 Å². The maximum Gasteiger partial charge on any atom is 0.0167 e. The van der Waals surface area contributed by atoms with Crippen LogP contribution in [0, 0.1) is 11.8 Å². The monoisotopic (exact) mass is 170 g/mol. The van der Waals surface area contributed by atoms with Crippen LogP contribution in [0.3, 0.4) is 0 Å². The van der Waals surface area contributed by atoms with E-state index in [1.54, 1.807) is 0 Å². The van der Waals surface area contributed by atoms with Crippen molar-refractivity contribution in [2.45, 2.75) is 39.2 Å². The fourth-order valence-electron chi connectivity index (χ4n) is 1.48. The van der Waals surface area contributed by atoms with Crippen LogP contribution in [-0.4, -0.2) is 19.1 Å². The Balaban J connectivity index is 1.89. The van der Waals surface area contributed by atoms with E-state index >= 15 is 0 Å². The van der Waals surface area contributed by atoms with Gasteiger partial charge in [0.25, 0.3) is 0 Å². The Morgan fingerprint density at radius 1 is 1.42 bits per heavy atom. The summed E-state index contributed by atoms with van der Waals surface area (Å²) < 4.78 is 0. The minimum absolute atomic E-state index is 0.351. The maximum atomic E-state index is 5.92. The van der Waals surface area contributed by atoms with E-state index in [1.165, 1.54) is 19.4 Å². The van der Waals surface area contributed by atoms with Crippen molar-refractivity contribution in [2.24, 2.45) is 17.6 Å². The zero-order chi connectivity index (χ0) is 8.97. The second-order valence-corrected chi connectivity index (χ2v) is 4.49. The van der Waals surface area contributed by atoms with E-state index in [4.69, 9.17) is 5.73 Å². The predicted molar refractivity (Wildman–Crippen MR) is 53.0 cm³/mol. The molecule has 0 heterocycles. The highest BCUT2D eigenvalue weighted by Gasteiger charge is 2.20. The number of nitrogens with two attached hydrogens (primary N) is 1. The lowest BCUT2D eigenvalue weighted by Crippen LogP contribution is -2.35. The van der Waals surface area contributed by atoms with E-state index in [-0.39, 0.29) is 0 Å². The molecule has 1 saturated carbocycles. The Morgan fingerprint density at radius 2 is 2.08 bits per heavy atom. The first-order valence-corrected chi connectivity index (χ1v) is 5.14. The van der Waals surface area contributed by atoms with Gasteiger partial charge in [-0.3, -0.25) is 0 Å². The lowest BCUT2D eigenvalue weighted by molar-refractivity contribution is 0.463. The topological polar surface area (TPSA) is 38.0 Å². The molecule has 1 atom stereocenters. The van der Waals surface area contributed by atoms with Gasteiger partial charge in [-0.2, -0.15) is 0 Å². The number of hydrogen-bond donors (Lipinski definition) is 2. The molecule has 0 aliphatic heterocycles. The highest BCUT2D eigenvalue weighted by Crippen LogP contribution is 2.27. The molecule has 0 bridgehead atoms. The summed E-state index contributed by atoms with van der Waals surface area (Å²) in [6.45, 7) is 6.63. The van der Waals surface area contributed by atoms with Gasteiger partial charge < -0.3 is 11.1 Å². The maximum absolute atomic E-state index is 5.92. The molecule has 1 aliphatic rings. The molecule has 1 aliphatic carbocycles. The summed E-state index contributed by atoms with van der Waals surface area (Å²) >= 11 is 0. The summed E-state index contributed by atoms with van der Waals surface area (Å²) in [6.07, 6.45) is 3.98. The van der Waals surface area contributed by atoms with Crippen LogP contribution in [0.15, 0.2) is 0 Å². The van der Waals surface area contributed by atoms with Crippen LogP contribution >= 0.6 is 0 Å². The van der Waals surface area contributed by atoms with Gasteiger partial charge in [-0.15, -0.1) is 0 Å². The Kier molecular flexibility index (Phi) is 4.02. The lowest BCUT2D eigenvalue weighted by Gasteiger charge is -2.14. The van der Waals surface area contributed by atoms with Crippen LogP contribution in [0.2, 0.25) is 0 Å². The van der Waals surface area contributed by atoms with Gasteiger partial charge in [0.2, 0.25) is 0 Å². The fourth-order valence-corrected chi connectivity index (χ4v) is 1.48. The van der Waals surface area contributed by atoms with E-state index in [0.717, 1.165) is 24.8 Å². The molecule has 1 unspecified atom stereocenters. The minimum Gasteiger partial charge on any atom is -0.327 e. The third kappa shape index (κ3) is 4.73. The zero-order valence-electron chi connectivity index (χ0n) is 8.34. The summed E-state index contributed by atoms with van der Waals surface area (Å²) in [5.41, 5.74) is 5.92. The summed E-state index contributed by atoms with van der Waals surface area (Å²) in [5.74, 6) is 1.69. The van der Waals surface area contributed by atoms with Crippen molar-refractivity contribution in [3.8, 4) is 0 Å². The molecule has 2 nitrogen and oxygen atoms in total. The molecule has 3 N–H and O–H groups in total. The highest BCUT2D eigenvalue weighted by atomic mass is 14.9. The van der Waals surface area contributed by atoms with Gasteiger partial charge in [0.15, 0.2) is 0 Å². The molecule has 2 heteroatoms. The normalized spacial score (nSPS) is 20.0. The van der Waals surface area contributed by atoms with Gasteiger partial charge >= 0.3 is 0 Å². The molecule has 0 spiro atoms. The number of rotatable bonds is 6. The van der Waals surface area contributed by atoms with Crippen LogP contribution in [0.5, 0.6) is 0 Å². The average Bonchev–Trinajstić information content (AvgIpc) is 2.69. The second-order valence-electron chi connectivity index (χ2n) is 4.49. The standard InChI is InChI=1S/C10H22N2/c1-8(2)5-10(11)7-12-6-9-3-4-9/h8-10,12H,3-7,11H2,1-2H3. The van der Waals surface area contributed by atoms with Crippen LogP contribution in [0.25, 0.3) is 0 Å². The molecule has 1 rings (SSSR count).